The van der Waals surface area contributed by atoms with Gasteiger partial charge in [0.05, 0.1) is 10.5 Å². The van der Waals surface area contributed by atoms with Gasteiger partial charge in [0.25, 0.3) is 0 Å². The highest BCUT2D eigenvalue weighted by Crippen LogP contribution is 2.31. The van der Waals surface area contributed by atoms with E-state index in [9.17, 15) is 13.5 Å². The fourth-order valence-corrected chi connectivity index (χ4v) is 4.59. The van der Waals surface area contributed by atoms with Crippen LogP contribution >= 0.6 is 15.9 Å². The van der Waals surface area contributed by atoms with E-state index in [1.807, 2.05) is 0 Å². The Morgan fingerprint density at radius 3 is 2.67 bits per heavy atom. The van der Waals surface area contributed by atoms with Crippen LogP contribution in [0.5, 0.6) is 0 Å². The fourth-order valence-electron chi connectivity index (χ4n) is 1.97. The molecule has 1 aliphatic heterocycles. The van der Waals surface area contributed by atoms with Gasteiger partial charge in [0.1, 0.15) is 0 Å². The van der Waals surface area contributed by atoms with Crippen LogP contribution in [0.15, 0.2) is 27.6 Å². The molecular formula is C11H15BrN2O3S. The van der Waals surface area contributed by atoms with Crippen molar-refractivity contribution in [2.75, 3.05) is 18.8 Å². The predicted molar refractivity (Wildman–Crippen MR) is 72.6 cm³/mol. The first-order valence-electron chi connectivity index (χ1n) is 5.50. The van der Waals surface area contributed by atoms with Crippen LogP contribution in [0, 0.1) is 0 Å². The Morgan fingerprint density at radius 1 is 1.50 bits per heavy atom. The molecule has 0 radical (unpaired) electrons. The number of nitrogen functional groups attached to an aromatic ring is 1. The van der Waals surface area contributed by atoms with E-state index in [-0.39, 0.29) is 11.4 Å². The van der Waals surface area contributed by atoms with Gasteiger partial charge in [0.2, 0.25) is 10.0 Å². The number of aliphatic hydroxyl groups is 1. The number of hydrogen-bond acceptors (Lipinski definition) is 4. The third-order valence-electron chi connectivity index (χ3n) is 2.99. The summed E-state index contributed by atoms with van der Waals surface area (Å²) in [5.41, 5.74) is 5.13. The van der Waals surface area contributed by atoms with Crippen LogP contribution in [0.4, 0.5) is 5.69 Å². The number of rotatable bonds is 2. The van der Waals surface area contributed by atoms with Gasteiger partial charge in [0.15, 0.2) is 0 Å². The van der Waals surface area contributed by atoms with Crippen LogP contribution in [-0.4, -0.2) is 36.5 Å². The van der Waals surface area contributed by atoms with Gasteiger partial charge in [-0.2, -0.15) is 4.31 Å². The lowest BCUT2D eigenvalue weighted by Crippen LogP contribution is -2.34. The molecule has 1 aromatic carbocycles. The molecule has 1 fully saturated rings. The summed E-state index contributed by atoms with van der Waals surface area (Å²) in [7, 11) is -3.59. The first-order valence-corrected chi connectivity index (χ1v) is 7.73. The van der Waals surface area contributed by atoms with Crippen molar-refractivity contribution in [3.8, 4) is 0 Å². The number of β-amino-alcohol motifs (C(OH)–C–C–N with tert-alkyl or cyclic N) is 1. The van der Waals surface area contributed by atoms with Gasteiger partial charge in [-0.1, -0.05) is 0 Å². The topological polar surface area (TPSA) is 83.6 Å². The zero-order valence-electron chi connectivity index (χ0n) is 9.93. The summed E-state index contributed by atoms with van der Waals surface area (Å²) in [6.07, 6.45) is 0.443. The molecule has 5 nitrogen and oxygen atoms in total. The molecule has 0 amide bonds. The molecule has 100 valence electrons. The molecule has 0 saturated carbocycles. The normalized spacial score (nSPS) is 25.5. The number of sulfonamides is 1. The van der Waals surface area contributed by atoms with Gasteiger partial charge in [-0.05, 0) is 47.5 Å². The average molecular weight is 335 g/mol. The lowest BCUT2D eigenvalue weighted by Gasteiger charge is -2.19. The fraction of sp³-hybridized carbons (Fsp3) is 0.455. The van der Waals surface area contributed by atoms with E-state index in [1.165, 1.54) is 10.4 Å². The Labute approximate surface area is 115 Å². The van der Waals surface area contributed by atoms with Crippen LogP contribution in [0.2, 0.25) is 0 Å². The number of nitrogens with zero attached hydrogens (tertiary/aromatic N) is 1. The van der Waals surface area contributed by atoms with E-state index < -0.39 is 15.6 Å². The summed E-state index contributed by atoms with van der Waals surface area (Å²) in [6, 6.07) is 4.58. The maximum absolute atomic E-state index is 12.4. The molecule has 0 aromatic heterocycles. The number of anilines is 1. The summed E-state index contributed by atoms with van der Waals surface area (Å²) in [6.45, 7) is 2.08. The Morgan fingerprint density at radius 2 is 2.17 bits per heavy atom. The van der Waals surface area contributed by atoms with Crippen molar-refractivity contribution in [1.82, 2.24) is 4.31 Å². The predicted octanol–water partition coefficient (Wildman–Crippen LogP) is 1.18. The van der Waals surface area contributed by atoms with E-state index in [4.69, 9.17) is 5.73 Å². The summed E-state index contributed by atoms with van der Waals surface area (Å²) in [5.74, 6) is 0. The van der Waals surface area contributed by atoms with Gasteiger partial charge in [0, 0.05) is 23.2 Å². The maximum Gasteiger partial charge on any atom is 0.244 e. The molecule has 1 unspecified atom stereocenters. The number of nitrogens with two attached hydrogens (primary N) is 1. The van der Waals surface area contributed by atoms with Gasteiger partial charge in [-0.15, -0.1) is 0 Å². The van der Waals surface area contributed by atoms with Crippen LogP contribution in [-0.2, 0) is 10.0 Å². The smallest absolute Gasteiger partial charge is 0.244 e. The van der Waals surface area contributed by atoms with E-state index in [0.717, 1.165) is 0 Å². The van der Waals surface area contributed by atoms with Crippen molar-refractivity contribution in [3.63, 3.8) is 0 Å². The molecule has 1 aromatic rings. The highest BCUT2D eigenvalue weighted by molar-refractivity contribution is 9.10. The van der Waals surface area contributed by atoms with E-state index in [0.29, 0.717) is 23.1 Å². The first-order chi connectivity index (χ1) is 8.22. The average Bonchev–Trinajstić information content (AvgIpc) is 2.58. The lowest BCUT2D eigenvalue weighted by molar-refractivity contribution is 0.0762. The Kier molecular flexibility index (Phi) is 3.44. The zero-order chi connectivity index (χ0) is 13.6. The second-order valence-electron chi connectivity index (χ2n) is 4.78. The molecule has 0 spiro atoms. The Bertz CT molecular complexity index is 572. The van der Waals surface area contributed by atoms with Crippen molar-refractivity contribution >= 4 is 31.6 Å². The number of halogens is 1. The molecule has 1 aliphatic rings. The lowest BCUT2D eigenvalue weighted by atomic mass is 10.1. The van der Waals surface area contributed by atoms with Gasteiger partial charge in [-0.3, -0.25) is 0 Å². The molecule has 2 rings (SSSR count). The van der Waals surface area contributed by atoms with Crippen molar-refractivity contribution in [1.29, 1.82) is 0 Å². The highest BCUT2D eigenvalue weighted by Gasteiger charge is 2.39. The molecule has 1 atom stereocenters. The van der Waals surface area contributed by atoms with Crippen molar-refractivity contribution in [3.05, 3.63) is 22.7 Å². The SMILES string of the molecule is CC1(O)CCN(S(=O)(=O)c2ccc(N)cc2Br)C1. The Balaban J connectivity index is 2.38. The van der Waals surface area contributed by atoms with Gasteiger partial charge < -0.3 is 10.8 Å². The minimum Gasteiger partial charge on any atom is -0.399 e. The van der Waals surface area contributed by atoms with Crippen LogP contribution in [0.1, 0.15) is 13.3 Å². The largest absolute Gasteiger partial charge is 0.399 e. The molecule has 1 heterocycles. The second-order valence-corrected chi connectivity index (χ2v) is 7.54. The molecule has 0 bridgehead atoms. The molecule has 0 aliphatic carbocycles. The number of hydrogen-bond donors (Lipinski definition) is 2. The first kappa shape index (κ1) is 13.8. The van der Waals surface area contributed by atoms with Gasteiger partial charge in [-0.25, -0.2) is 8.42 Å². The van der Waals surface area contributed by atoms with Crippen molar-refractivity contribution in [2.45, 2.75) is 23.8 Å². The van der Waals surface area contributed by atoms with Gasteiger partial charge >= 0.3 is 0 Å². The van der Waals surface area contributed by atoms with Crippen molar-refractivity contribution < 1.29 is 13.5 Å². The van der Waals surface area contributed by atoms with Crippen molar-refractivity contribution in [2.24, 2.45) is 0 Å². The van der Waals surface area contributed by atoms with Crippen LogP contribution in [0.3, 0.4) is 0 Å². The molecule has 18 heavy (non-hydrogen) atoms. The highest BCUT2D eigenvalue weighted by atomic mass is 79.9. The molecule has 7 heteroatoms. The zero-order valence-corrected chi connectivity index (χ0v) is 12.3. The Hall–Kier alpha value is -0.630. The minimum atomic E-state index is -3.59. The quantitative estimate of drug-likeness (QED) is 0.795. The molecule has 3 N–H and O–H groups in total. The summed E-state index contributed by atoms with van der Waals surface area (Å²) < 4.78 is 26.5. The maximum atomic E-state index is 12.4. The minimum absolute atomic E-state index is 0.117. The van der Waals surface area contributed by atoms with Crippen LogP contribution in [0.25, 0.3) is 0 Å². The monoisotopic (exact) mass is 334 g/mol. The molecule has 1 saturated heterocycles. The van der Waals surface area contributed by atoms with Crippen LogP contribution < -0.4 is 5.73 Å². The summed E-state index contributed by atoms with van der Waals surface area (Å²) in [4.78, 5) is 0.175. The summed E-state index contributed by atoms with van der Waals surface area (Å²) >= 11 is 3.21. The second kappa shape index (κ2) is 4.48. The third kappa shape index (κ3) is 2.54. The standard InChI is InChI=1S/C11H15BrN2O3S/c1-11(15)4-5-14(7-11)18(16,17)10-3-2-8(13)6-9(10)12/h2-3,6,15H,4-5,7,13H2,1H3. The van der Waals surface area contributed by atoms with E-state index in [1.54, 1.807) is 19.1 Å². The summed E-state index contributed by atoms with van der Waals surface area (Å²) in [5, 5.41) is 9.85. The van der Waals surface area contributed by atoms with E-state index in [2.05, 4.69) is 15.9 Å². The molecular weight excluding hydrogens is 320 g/mol. The third-order valence-corrected chi connectivity index (χ3v) is 5.81. The van der Waals surface area contributed by atoms with E-state index >= 15 is 0 Å². The number of benzene rings is 1.